The van der Waals surface area contributed by atoms with E-state index >= 15 is 0 Å². The minimum atomic E-state index is -0.514. The van der Waals surface area contributed by atoms with Crippen LogP contribution in [0.15, 0.2) is 54.9 Å². The summed E-state index contributed by atoms with van der Waals surface area (Å²) in [4.78, 5) is 26.4. The molecule has 2 heterocycles. The zero-order chi connectivity index (χ0) is 20.9. The van der Waals surface area contributed by atoms with E-state index in [1.165, 1.54) is 18.5 Å². The number of hydrogen-bond acceptors (Lipinski definition) is 7. The molecular formula is C20H18FN7O2. The second kappa shape index (κ2) is 8.52. The quantitative estimate of drug-likeness (QED) is 0.299. The number of fused-ring (bicyclic) bond motifs is 1. The fourth-order valence-corrected chi connectivity index (χ4v) is 2.97. The highest BCUT2D eigenvalue weighted by Gasteiger charge is 2.11. The highest BCUT2D eigenvalue weighted by atomic mass is 19.1. The lowest BCUT2D eigenvalue weighted by atomic mass is 10.1. The van der Waals surface area contributed by atoms with Gasteiger partial charge in [0.05, 0.1) is 11.3 Å². The zero-order valence-electron chi connectivity index (χ0n) is 15.8. The molecule has 0 aliphatic heterocycles. The van der Waals surface area contributed by atoms with Gasteiger partial charge in [0, 0.05) is 25.2 Å². The van der Waals surface area contributed by atoms with Gasteiger partial charge >= 0.3 is 0 Å². The number of H-pyrrole nitrogens is 1. The second-order valence-corrected chi connectivity index (χ2v) is 6.58. The molecule has 0 spiro atoms. The number of hydrogen-bond donors (Lipinski definition) is 3. The van der Waals surface area contributed by atoms with Crippen molar-refractivity contribution in [3.05, 3.63) is 81.7 Å². The molecule has 0 saturated carbocycles. The molecule has 2 aromatic heterocycles. The van der Waals surface area contributed by atoms with Gasteiger partial charge in [-0.05, 0) is 16.7 Å². The molecule has 4 aromatic rings. The lowest BCUT2D eigenvalue weighted by molar-refractivity contribution is -0.384. The first kappa shape index (κ1) is 19.2. The predicted octanol–water partition coefficient (Wildman–Crippen LogP) is 3.95. The summed E-state index contributed by atoms with van der Waals surface area (Å²) in [6, 6.07) is 13.5. The van der Waals surface area contributed by atoms with Gasteiger partial charge in [-0.2, -0.15) is 9.97 Å². The largest absolute Gasteiger partial charge is 0.364 e. The number of rotatable bonds is 8. The molecule has 0 saturated heterocycles. The normalized spacial score (nSPS) is 10.8. The summed E-state index contributed by atoms with van der Waals surface area (Å²) in [5, 5.41) is 17.1. The number of nitro groups is 1. The van der Waals surface area contributed by atoms with Crippen molar-refractivity contribution in [3.63, 3.8) is 0 Å². The average molecular weight is 407 g/mol. The molecular weight excluding hydrogens is 389 g/mol. The minimum absolute atomic E-state index is 0.0417. The van der Waals surface area contributed by atoms with Crippen LogP contribution in [0.1, 0.15) is 16.7 Å². The topological polar surface area (TPSA) is 122 Å². The standard InChI is InChI=1S/C20H18FN7O2/c21-9-14-2-1-3-15(8-14)11-23-20-26-18(17-19(27-20)25-12-24-17)22-10-13-4-6-16(7-5-13)28(29)30/h1-8,12H,9-11H2,(H3,22,23,24,25,26,27). The zero-order valence-corrected chi connectivity index (χ0v) is 15.8. The maximum absolute atomic E-state index is 12.8. The van der Waals surface area contributed by atoms with Crippen LogP contribution >= 0.6 is 0 Å². The van der Waals surface area contributed by atoms with Crippen molar-refractivity contribution in [2.75, 3.05) is 10.6 Å². The molecule has 152 valence electrons. The Morgan fingerprint density at radius 3 is 2.53 bits per heavy atom. The Bertz CT molecular complexity index is 1180. The number of halogens is 1. The molecule has 0 amide bonds. The van der Waals surface area contributed by atoms with Crippen LogP contribution in [-0.4, -0.2) is 24.9 Å². The number of nitro benzene ring substituents is 1. The number of nitrogens with one attached hydrogen (secondary N) is 3. The van der Waals surface area contributed by atoms with E-state index in [0.29, 0.717) is 41.6 Å². The molecule has 0 atom stereocenters. The third-order valence-corrected chi connectivity index (χ3v) is 4.49. The molecule has 0 fully saturated rings. The summed E-state index contributed by atoms with van der Waals surface area (Å²) in [7, 11) is 0. The number of non-ortho nitro benzene ring substituents is 1. The van der Waals surface area contributed by atoms with Crippen LogP contribution < -0.4 is 10.6 Å². The fourth-order valence-electron chi connectivity index (χ4n) is 2.97. The van der Waals surface area contributed by atoms with E-state index in [1.54, 1.807) is 30.3 Å². The molecule has 0 aliphatic carbocycles. The third-order valence-electron chi connectivity index (χ3n) is 4.49. The Morgan fingerprint density at radius 2 is 1.77 bits per heavy atom. The number of nitrogens with zero attached hydrogens (tertiary/aromatic N) is 4. The lowest BCUT2D eigenvalue weighted by Gasteiger charge is -2.10. The van der Waals surface area contributed by atoms with E-state index in [4.69, 9.17) is 0 Å². The minimum Gasteiger partial charge on any atom is -0.364 e. The summed E-state index contributed by atoms with van der Waals surface area (Å²) in [6.45, 7) is 0.340. The van der Waals surface area contributed by atoms with E-state index in [0.717, 1.165) is 11.1 Å². The molecule has 0 bridgehead atoms. The van der Waals surface area contributed by atoms with Gasteiger partial charge in [-0.1, -0.05) is 36.4 Å². The number of aromatic nitrogens is 4. The van der Waals surface area contributed by atoms with E-state index in [1.807, 2.05) is 6.07 Å². The van der Waals surface area contributed by atoms with E-state index < -0.39 is 11.6 Å². The number of aromatic amines is 1. The SMILES string of the molecule is O=[N+]([O-])c1ccc(CNc2nc(NCc3cccc(CF)c3)nc3nc[nH]c23)cc1. The average Bonchev–Trinajstić information content (AvgIpc) is 3.25. The van der Waals surface area contributed by atoms with Crippen molar-refractivity contribution in [3.8, 4) is 0 Å². The van der Waals surface area contributed by atoms with Crippen molar-refractivity contribution < 1.29 is 9.31 Å². The lowest BCUT2D eigenvalue weighted by Crippen LogP contribution is -2.08. The van der Waals surface area contributed by atoms with Gasteiger partial charge in [-0.3, -0.25) is 10.1 Å². The van der Waals surface area contributed by atoms with Gasteiger partial charge in [0.2, 0.25) is 5.95 Å². The van der Waals surface area contributed by atoms with Crippen molar-refractivity contribution >= 4 is 28.6 Å². The van der Waals surface area contributed by atoms with Crippen molar-refractivity contribution in [2.45, 2.75) is 19.8 Å². The summed E-state index contributed by atoms with van der Waals surface area (Å²) in [6.07, 6.45) is 1.53. The first-order chi connectivity index (χ1) is 14.6. The van der Waals surface area contributed by atoms with Gasteiger partial charge in [0.1, 0.15) is 12.2 Å². The van der Waals surface area contributed by atoms with Gasteiger partial charge < -0.3 is 15.6 Å². The Hall–Kier alpha value is -4.08. The van der Waals surface area contributed by atoms with Gasteiger partial charge in [0.25, 0.3) is 5.69 Å². The molecule has 0 radical (unpaired) electrons. The van der Waals surface area contributed by atoms with Crippen molar-refractivity contribution in [1.29, 1.82) is 0 Å². The van der Waals surface area contributed by atoms with Crippen LogP contribution in [0.3, 0.4) is 0 Å². The molecule has 3 N–H and O–H groups in total. The first-order valence-electron chi connectivity index (χ1n) is 9.18. The molecule has 9 nitrogen and oxygen atoms in total. The number of imidazole rings is 1. The maximum atomic E-state index is 12.8. The molecule has 30 heavy (non-hydrogen) atoms. The van der Waals surface area contributed by atoms with Gasteiger partial charge in [-0.15, -0.1) is 0 Å². The predicted molar refractivity (Wildman–Crippen MR) is 111 cm³/mol. The molecule has 4 rings (SSSR count). The Balaban J connectivity index is 1.50. The Kier molecular flexibility index (Phi) is 5.46. The molecule has 0 unspecified atom stereocenters. The van der Waals surface area contributed by atoms with E-state index in [2.05, 4.69) is 30.6 Å². The van der Waals surface area contributed by atoms with Gasteiger partial charge in [0.15, 0.2) is 11.5 Å². The monoisotopic (exact) mass is 407 g/mol. The highest BCUT2D eigenvalue weighted by Crippen LogP contribution is 2.20. The van der Waals surface area contributed by atoms with Crippen LogP contribution in [0.2, 0.25) is 0 Å². The Labute approximate surface area is 170 Å². The summed E-state index contributed by atoms with van der Waals surface area (Å²) < 4.78 is 12.8. The van der Waals surface area contributed by atoms with Crippen LogP contribution in [0.4, 0.5) is 21.8 Å². The van der Waals surface area contributed by atoms with Crippen LogP contribution in [0.5, 0.6) is 0 Å². The van der Waals surface area contributed by atoms with E-state index in [-0.39, 0.29) is 5.69 Å². The smallest absolute Gasteiger partial charge is 0.269 e. The molecule has 0 aliphatic rings. The van der Waals surface area contributed by atoms with Crippen LogP contribution in [0, 0.1) is 10.1 Å². The van der Waals surface area contributed by atoms with Crippen molar-refractivity contribution in [1.82, 2.24) is 19.9 Å². The third kappa shape index (κ3) is 4.32. The van der Waals surface area contributed by atoms with Gasteiger partial charge in [-0.25, -0.2) is 9.37 Å². The maximum Gasteiger partial charge on any atom is 0.269 e. The van der Waals surface area contributed by atoms with Crippen molar-refractivity contribution in [2.24, 2.45) is 0 Å². The summed E-state index contributed by atoms with van der Waals surface area (Å²) >= 11 is 0. The summed E-state index contributed by atoms with van der Waals surface area (Å²) in [5.41, 5.74) is 3.59. The second-order valence-electron chi connectivity index (χ2n) is 6.58. The Morgan fingerprint density at radius 1 is 1.00 bits per heavy atom. The number of benzene rings is 2. The van der Waals surface area contributed by atoms with Crippen LogP contribution in [0.25, 0.3) is 11.2 Å². The van der Waals surface area contributed by atoms with E-state index in [9.17, 15) is 14.5 Å². The number of anilines is 2. The van der Waals surface area contributed by atoms with Crippen LogP contribution in [-0.2, 0) is 19.8 Å². The summed E-state index contributed by atoms with van der Waals surface area (Å²) in [5.74, 6) is 0.933. The fraction of sp³-hybridized carbons (Fsp3) is 0.150. The molecule has 10 heteroatoms. The molecule has 2 aromatic carbocycles. The highest BCUT2D eigenvalue weighted by molar-refractivity contribution is 5.83. The number of alkyl halides is 1. The first-order valence-corrected chi connectivity index (χ1v) is 9.18.